The molecule has 6 heteroatoms. The molecule has 0 aromatic heterocycles. The smallest absolute Gasteiger partial charge is 0.254 e. The van der Waals surface area contributed by atoms with Crippen molar-refractivity contribution < 1.29 is 19.0 Å². The molecule has 2 aliphatic rings. The van der Waals surface area contributed by atoms with Crippen LogP contribution in [-0.2, 0) is 4.74 Å². The van der Waals surface area contributed by atoms with E-state index in [1.54, 1.807) is 18.2 Å². The number of hydrogen-bond donors (Lipinski definition) is 0. The maximum absolute atomic E-state index is 12.9. The summed E-state index contributed by atoms with van der Waals surface area (Å²) in [6.45, 7) is 1.85. The van der Waals surface area contributed by atoms with Crippen LogP contribution in [0.5, 0.6) is 11.5 Å². The number of fused-ring (bicyclic) bond motifs is 1. The van der Waals surface area contributed by atoms with E-state index in [4.69, 9.17) is 14.2 Å². The largest absolute Gasteiger partial charge is 0.454 e. The second-order valence-corrected chi connectivity index (χ2v) is 6.66. The molecule has 1 saturated heterocycles. The Morgan fingerprint density at radius 2 is 1.85 bits per heavy atom. The first-order valence-electron chi connectivity index (χ1n) is 8.69. The third-order valence-corrected chi connectivity index (χ3v) is 4.75. The molecule has 2 heterocycles. The Morgan fingerprint density at radius 1 is 1.08 bits per heavy atom. The fourth-order valence-corrected chi connectivity index (χ4v) is 3.23. The van der Waals surface area contributed by atoms with Crippen molar-refractivity contribution in [2.24, 2.45) is 0 Å². The minimum Gasteiger partial charge on any atom is -0.454 e. The van der Waals surface area contributed by atoms with Crippen molar-refractivity contribution in [3.05, 3.63) is 53.6 Å². The zero-order chi connectivity index (χ0) is 18.1. The predicted molar refractivity (Wildman–Crippen MR) is 97.9 cm³/mol. The van der Waals surface area contributed by atoms with Crippen molar-refractivity contribution in [2.45, 2.75) is 6.10 Å². The van der Waals surface area contributed by atoms with E-state index in [0.29, 0.717) is 36.8 Å². The van der Waals surface area contributed by atoms with Crippen molar-refractivity contribution in [3.63, 3.8) is 0 Å². The van der Waals surface area contributed by atoms with Gasteiger partial charge in [-0.05, 0) is 35.9 Å². The molecule has 0 spiro atoms. The highest BCUT2D eigenvalue weighted by molar-refractivity contribution is 5.95. The van der Waals surface area contributed by atoms with Crippen LogP contribution in [0.15, 0.2) is 42.5 Å². The van der Waals surface area contributed by atoms with Gasteiger partial charge in [-0.2, -0.15) is 0 Å². The highest BCUT2D eigenvalue weighted by Gasteiger charge is 2.27. The summed E-state index contributed by atoms with van der Waals surface area (Å²) in [7, 11) is 4.02. The van der Waals surface area contributed by atoms with Gasteiger partial charge in [0.1, 0.15) is 6.10 Å². The first kappa shape index (κ1) is 16.7. The molecule has 1 amide bonds. The van der Waals surface area contributed by atoms with Crippen LogP contribution in [0.1, 0.15) is 22.0 Å². The third kappa shape index (κ3) is 3.20. The molecule has 2 aromatic carbocycles. The van der Waals surface area contributed by atoms with Crippen LogP contribution in [0.25, 0.3) is 0 Å². The second-order valence-electron chi connectivity index (χ2n) is 6.66. The van der Waals surface area contributed by atoms with Crippen molar-refractivity contribution in [2.75, 3.05) is 45.5 Å². The number of ether oxygens (including phenoxy) is 3. The highest BCUT2D eigenvalue weighted by Crippen LogP contribution is 2.33. The van der Waals surface area contributed by atoms with Crippen LogP contribution >= 0.6 is 0 Å². The summed E-state index contributed by atoms with van der Waals surface area (Å²) < 4.78 is 16.6. The van der Waals surface area contributed by atoms with Crippen molar-refractivity contribution in [3.8, 4) is 11.5 Å². The molecule has 136 valence electrons. The minimum absolute atomic E-state index is 0.0125. The van der Waals surface area contributed by atoms with Crippen LogP contribution in [0.2, 0.25) is 0 Å². The van der Waals surface area contributed by atoms with E-state index in [2.05, 4.69) is 29.2 Å². The molecule has 1 atom stereocenters. The average Bonchev–Trinajstić information content (AvgIpc) is 3.15. The molecule has 2 aromatic rings. The number of nitrogens with zero attached hydrogens (tertiary/aromatic N) is 2. The fourth-order valence-electron chi connectivity index (χ4n) is 3.23. The first-order chi connectivity index (χ1) is 12.6. The van der Waals surface area contributed by atoms with Crippen LogP contribution in [0, 0.1) is 0 Å². The van der Waals surface area contributed by atoms with Gasteiger partial charge in [-0.3, -0.25) is 4.79 Å². The highest BCUT2D eigenvalue weighted by atomic mass is 16.7. The molecule has 0 radical (unpaired) electrons. The molecule has 1 fully saturated rings. The Bertz CT molecular complexity index is 804. The average molecular weight is 354 g/mol. The zero-order valence-corrected chi connectivity index (χ0v) is 15.0. The van der Waals surface area contributed by atoms with Gasteiger partial charge in [0.05, 0.1) is 13.2 Å². The minimum atomic E-state index is -0.113. The van der Waals surface area contributed by atoms with Gasteiger partial charge in [0, 0.05) is 31.9 Å². The van der Waals surface area contributed by atoms with Gasteiger partial charge in [0.2, 0.25) is 6.79 Å². The molecule has 0 bridgehead atoms. The monoisotopic (exact) mass is 354 g/mol. The normalized spacial score (nSPS) is 18.7. The quantitative estimate of drug-likeness (QED) is 0.848. The van der Waals surface area contributed by atoms with Gasteiger partial charge < -0.3 is 24.0 Å². The molecular weight excluding hydrogens is 332 g/mol. The number of carbonyl (C=O) groups excluding carboxylic acids is 1. The summed E-state index contributed by atoms with van der Waals surface area (Å²) >= 11 is 0. The van der Waals surface area contributed by atoms with Gasteiger partial charge in [0.25, 0.3) is 5.91 Å². The standard InChI is InChI=1S/C20H22N2O4/c1-21(2)16-6-3-14(4-7-16)19-12-22(9-10-24-19)20(23)15-5-8-17-18(11-15)26-13-25-17/h3-8,11,19H,9-10,12-13H2,1-2H3. The topological polar surface area (TPSA) is 51.2 Å². The fraction of sp³-hybridized carbons (Fsp3) is 0.350. The zero-order valence-electron chi connectivity index (χ0n) is 15.0. The van der Waals surface area contributed by atoms with E-state index in [1.165, 1.54) is 0 Å². The van der Waals surface area contributed by atoms with E-state index < -0.39 is 0 Å². The molecule has 0 saturated carbocycles. The second kappa shape index (κ2) is 6.88. The van der Waals surface area contributed by atoms with Crippen molar-refractivity contribution in [1.82, 2.24) is 4.90 Å². The maximum atomic E-state index is 12.9. The lowest BCUT2D eigenvalue weighted by Crippen LogP contribution is -2.42. The summed E-state index contributed by atoms with van der Waals surface area (Å²) in [6.07, 6.45) is -0.113. The Kier molecular flexibility index (Phi) is 4.42. The Labute approximate surface area is 152 Å². The number of hydrogen-bond acceptors (Lipinski definition) is 5. The van der Waals surface area contributed by atoms with E-state index in [0.717, 1.165) is 11.3 Å². The molecular formula is C20H22N2O4. The van der Waals surface area contributed by atoms with E-state index >= 15 is 0 Å². The SMILES string of the molecule is CN(C)c1ccc(C2CN(C(=O)c3ccc4c(c3)OCO4)CCO2)cc1. The molecule has 1 unspecified atom stereocenters. The first-order valence-corrected chi connectivity index (χ1v) is 8.69. The Hall–Kier alpha value is -2.73. The summed E-state index contributed by atoms with van der Waals surface area (Å²) in [5, 5.41) is 0. The van der Waals surface area contributed by atoms with Gasteiger partial charge in [-0.25, -0.2) is 0 Å². The van der Waals surface area contributed by atoms with Crippen LogP contribution < -0.4 is 14.4 Å². The Balaban J connectivity index is 1.48. The molecule has 2 aliphatic heterocycles. The van der Waals surface area contributed by atoms with Crippen molar-refractivity contribution in [1.29, 1.82) is 0 Å². The van der Waals surface area contributed by atoms with Gasteiger partial charge in [0.15, 0.2) is 11.5 Å². The summed E-state index contributed by atoms with van der Waals surface area (Å²) in [5.74, 6) is 1.30. The third-order valence-electron chi connectivity index (χ3n) is 4.75. The lowest BCUT2D eigenvalue weighted by Gasteiger charge is -2.33. The summed E-state index contributed by atoms with van der Waals surface area (Å²) in [6, 6.07) is 13.6. The van der Waals surface area contributed by atoms with Crippen molar-refractivity contribution >= 4 is 11.6 Å². The van der Waals surface area contributed by atoms with Gasteiger partial charge in [-0.1, -0.05) is 12.1 Å². The number of benzene rings is 2. The maximum Gasteiger partial charge on any atom is 0.254 e. The van der Waals surface area contributed by atoms with E-state index in [-0.39, 0.29) is 18.8 Å². The summed E-state index contributed by atoms with van der Waals surface area (Å²) in [4.78, 5) is 16.8. The number of morpholine rings is 1. The number of anilines is 1. The Morgan fingerprint density at radius 3 is 2.62 bits per heavy atom. The lowest BCUT2D eigenvalue weighted by atomic mass is 10.1. The van der Waals surface area contributed by atoms with Crippen LogP contribution in [0.4, 0.5) is 5.69 Å². The number of carbonyl (C=O) groups is 1. The number of rotatable bonds is 3. The van der Waals surface area contributed by atoms with Gasteiger partial charge in [-0.15, -0.1) is 0 Å². The van der Waals surface area contributed by atoms with Crippen LogP contribution in [-0.4, -0.2) is 51.4 Å². The molecule has 6 nitrogen and oxygen atoms in total. The number of amides is 1. The predicted octanol–water partition coefficient (Wildman–Crippen LogP) is 2.70. The van der Waals surface area contributed by atoms with Crippen LogP contribution in [0.3, 0.4) is 0 Å². The van der Waals surface area contributed by atoms with E-state index in [9.17, 15) is 4.79 Å². The molecule has 26 heavy (non-hydrogen) atoms. The molecule has 0 aliphatic carbocycles. The molecule has 4 rings (SSSR count). The van der Waals surface area contributed by atoms with E-state index in [1.807, 2.05) is 19.0 Å². The summed E-state index contributed by atoms with van der Waals surface area (Å²) in [5.41, 5.74) is 2.83. The molecule has 0 N–H and O–H groups in total. The van der Waals surface area contributed by atoms with Gasteiger partial charge >= 0.3 is 0 Å². The lowest BCUT2D eigenvalue weighted by molar-refractivity contribution is -0.0228.